The van der Waals surface area contributed by atoms with E-state index in [1.807, 2.05) is 54.6 Å². The molecule has 0 spiro atoms. The molecule has 1 heterocycles. The van der Waals surface area contributed by atoms with Gasteiger partial charge in [0.2, 0.25) is 0 Å². The summed E-state index contributed by atoms with van der Waals surface area (Å²) in [6, 6.07) is 26.6. The third kappa shape index (κ3) is 3.30. The second-order valence-electron chi connectivity index (χ2n) is 6.76. The number of fused-ring (bicyclic) bond motifs is 2. The van der Waals surface area contributed by atoms with Crippen molar-refractivity contribution in [2.24, 2.45) is 0 Å². The van der Waals surface area contributed by atoms with E-state index in [9.17, 15) is 4.79 Å². The van der Waals surface area contributed by atoms with Gasteiger partial charge < -0.3 is 14.8 Å². The molecule has 0 aliphatic rings. The molecule has 0 aliphatic heterocycles. The highest BCUT2D eigenvalue weighted by molar-refractivity contribution is 5.93. The van der Waals surface area contributed by atoms with Crippen molar-refractivity contribution in [3.05, 3.63) is 90.5 Å². The Bertz CT molecular complexity index is 1350. The summed E-state index contributed by atoms with van der Waals surface area (Å²) in [5.41, 5.74) is 2.52. The summed E-state index contributed by atoms with van der Waals surface area (Å²) in [5.74, 6) is 1.22. The second kappa shape index (κ2) is 6.80. The van der Waals surface area contributed by atoms with Crippen LogP contribution in [0, 0.1) is 0 Å². The molecule has 0 amide bonds. The van der Waals surface area contributed by atoms with Crippen molar-refractivity contribution in [3.8, 4) is 22.9 Å². The van der Waals surface area contributed by atoms with Gasteiger partial charge in [-0.05, 0) is 65.4 Å². The largest absolute Gasteiger partial charge is 0.478 e. The van der Waals surface area contributed by atoms with Crippen LogP contribution < -0.4 is 4.74 Å². The number of carbonyl (C=O) groups is 1. The first-order valence-electron chi connectivity index (χ1n) is 9.16. The quantitative estimate of drug-likeness (QED) is 0.409. The number of carboxylic acid groups (broad SMARTS) is 1. The van der Waals surface area contributed by atoms with Crippen LogP contribution in [0.2, 0.25) is 0 Å². The number of aromatic amines is 1. The van der Waals surface area contributed by atoms with E-state index < -0.39 is 5.97 Å². The summed E-state index contributed by atoms with van der Waals surface area (Å²) in [7, 11) is 0. The van der Waals surface area contributed by atoms with Gasteiger partial charge in [0.25, 0.3) is 0 Å². The average Bonchev–Trinajstić information content (AvgIpc) is 3.17. The lowest BCUT2D eigenvalue weighted by molar-refractivity contribution is 0.0697. The molecule has 5 rings (SSSR count). The number of hydrogen-bond acceptors (Lipinski definition) is 3. The summed E-state index contributed by atoms with van der Waals surface area (Å²) >= 11 is 0. The molecule has 0 atom stereocenters. The van der Waals surface area contributed by atoms with Crippen LogP contribution in [-0.2, 0) is 0 Å². The SMILES string of the molecule is O=C(O)c1ccc2[nH]c(-c3ccc(Oc4ccc5ccccc5c4)cc3)nc2c1. The molecule has 4 aromatic carbocycles. The highest BCUT2D eigenvalue weighted by atomic mass is 16.5. The molecule has 5 heteroatoms. The first kappa shape index (κ1) is 17.0. The van der Waals surface area contributed by atoms with Crippen molar-refractivity contribution in [2.45, 2.75) is 0 Å². The van der Waals surface area contributed by atoms with Gasteiger partial charge >= 0.3 is 5.97 Å². The molecule has 29 heavy (non-hydrogen) atoms. The first-order chi connectivity index (χ1) is 14.2. The van der Waals surface area contributed by atoms with Gasteiger partial charge in [0, 0.05) is 5.56 Å². The van der Waals surface area contributed by atoms with E-state index in [1.54, 1.807) is 18.2 Å². The first-order valence-corrected chi connectivity index (χ1v) is 9.16. The van der Waals surface area contributed by atoms with Crippen molar-refractivity contribution >= 4 is 27.8 Å². The predicted octanol–water partition coefficient (Wildman–Crippen LogP) is 5.87. The fraction of sp³-hybridized carbons (Fsp3) is 0. The molecule has 1 aromatic heterocycles. The third-order valence-corrected chi connectivity index (χ3v) is 4.81. The maximum atomic E-state index is 11.1. The van der Waals surface area contributed by atoms with Gasteiger partial charge in [0.15, 0.2) is 0 Å². The zero-order chi connectivity index (χ0) is 19.8. The Kier molecular flexibility index (Phi) is 3.99. The number of aromatic carboxylic acids is 1. The summed E-state index contributed by atoms with van der Waals surface area (Å²) in [6.45, 7) is 0. The van der Waals surface area contributed by atoms with Gasteiger partial charge in [-0.1, -0.05) is 30.3 Å². The van der Waals surface area contributed by atoms with Crippen LogP contribution in [0.3, 0.4) is 0 Å². The molecule has 5 nitrogen and oxygen atoms in total. The van der Waals surface area contributed by atoms with Crippen LogP contribution in [0.1, 0.15) is 10.4 Å². The molecule has 140 valence electrons. The number of nitrogens with zero attached hydrogens (tertiary/aromatic N) is 1. The van der Waals surface area contributed by atoms with Gasteiger partial charge in [-0.25, -0.2) is 9.78 Å². The Morgan fingerprint density at radius 1 is 0.828 bits per heavy atom. The fourth-order valence-corrected chi connectivity index (χ4v) is 3.32. The smallest absolute Gasteiger partial charge is 0.335 e. The second-order valence-corrected chi connectivity index (χ2v) is 6.76. The van der Waals surface area contributed by atoms with Gasteiger partial charge in [0.1, 0.15) is 17.3 Å². The Hall–Kier alpha value is -4.12. The van der Waals surface area contributed by atoms with Crippen molar-refractivity contribution in [1.82, 2.24) is 9.97 Å². The van der Waals surface area contributed by atoms with E-state index in [-0.39, 0.29) is 5.56 Å². The number of aromatic nitrogens is 2. The highest BCUT2D eigenvalue weighted by Crippen LogP contribution is 2.28. The minimum atomic E-state index is -0.966. The molecule has 0 bridgehead atoms. The lowest BCUT2D eigenvalue weighted by Crippen LogP contribution is -1.94. The van der Waals surface area contributed by atoms with Crippen molar-refractivity contribution in [1.29, 1.82) is 0 Å². The molecule has 0 radical (unpaired) electrons. The lowest BCUT2D eigenvalue weighted by atomic mass is 10.1. The molecule has 0 saturated carbocycles. The summed E-state index contributed by atoms with van der Waals surface area (Å²) in [4.78, 5) is 18.9. The summed E-state index contributed by atoms with van der Waals surface area (Å²) in [5, 5.41) is 11.4. The summed E-state index contributed by atoms with van der Waals surface area (Å²) in [6.07, 6.45) is 0. The average molecular weight is 380 g/mol. The highest BCUT2D eigenvalue weighted by Gasteiger charge is 2.09. The van der Waals surface area contributed by atoms with Crippen molar-refractivity contribution < 1.29 is 14.6 Å². The number of H-pyrrole nitrogens is 1. The number of carboxylic acids is 1. The van der Waals surface area contributed by atoms with Crippen LogP contribution in [0.25, 0.3) is 33.2 Å². The topological polar surface area (TPSA) is 75.2 Å². The van der Waals surface area contributed by atoms with E-state index in [0.717, 1.165) is 28.0 Å². The molecule has 2 N–H and O–H groups in total. The van der Waals surface area contributed by atoms with Crippen LogP contribution in [0.15, 0.2) is 84.9 Å². The Morgan fingerprint density at radius 2 is 1.59 bits per heavy atom. The molecule has 0 saturated heterocycles. The molecule has 0 unspecified atom stereocenters. The fourth-order valence-electron chi connectivity index (χ4n) is 3.32. The van der Waals surface area contributed by atoms with Gasteiger partial charge in [-0.15, -0.1) is 0 Å². The monoisotopic (exact) mass is 380 g/mol. The summed E-state index contributed by atoms with van der Waals surface area (Å²) < 4.78 is 5.98. The van der Waals surface area contributed by atoms with Gasteiger partial charge in [0.05, 0.1) is 16.6 Å². The van der Waals surface area contributed by atoms with Gasteiger partial charge in [-0.3, -0.25) is 0 Å². The van der Waals surface area contributed by atoms with E-state index in [1.165, 1.54) is 5.39 Å². The minimum absolute atomic E-state index is 0.217. The van der Waals surface area contributed by atoms with Crippen molar-refractivity contribution in [3.63, 3.8) is 0 Å². The number of nitrogens with one attached hydrogen (secondary N) is 1. The standard InChI is InChI=1S/C24H16N2O3/c27-24(28)18-8-12-21-22(14-18)26-23(25-21)16-6-9-19(10-7-16)29-20-11-5-15-3-1-2-4-17(15)13-20/h1-14H,(H,25,26)(H,27,28). The zero-order valence-corrected chi connectivity index (χ0v) is 15.3. The minimum Gasteiger partial charge on any atom is -0.478 e. The van der Waals surface area contributed by atoms with Crippen LogP contribution in [0.5, 0.6) is 11.5 Å². The molecule has 0 fully saturated rings. The van der Waals surface area contributed by atoms with E-state index >= 15 is 0 Å². The number of rotatable bonds is 4. The van der Waals surface area contributed by atoms with E-state index in [2.05, 4.69) is 22.1 Å². The van der Waals surface area contributed by atoms with Gasteiger partial charge in [-0.2, -0.15) is 0 Å². The van der Waals surface area contributed by atoms with Crippen LogP contribution in [0.4, 0.5) is 0 Å². The number of ether oxygens (including phenoxy) is 1. The maximum Gasteiger partial charge on any atom is 0.335 e. The maximum absolute atomic E-state index is 11.1. The Labute approximate surface area is 166 Å². The van der Waals surface area contributed by atoms with Crippen molar-refractivity contribution in [2.75, 3.05) is 0 Å². The lowest BCUT2D eigenvalue weighted by Gasteiger charge is -2.07. The third-order valence-electron chi connectivity index (χ3n) is 4.81. The zero-order valence-electron chi connectivity index (χ0n) is 15.3. The molecular weight excluding hydrogens is 364 g/mol. The Morgan fingerprint density at radius 3 is 2.38 bits per heavy atom. The molecule has 5 aromatic rings. The van der Waals surface area contributed by atoms with Crippen LogP contribution in [-0.4, -0.2) is 21.0 Å². The van der Waals surface area contributed by atoms with E-state index in [0.29, 0.717) is 11.3 Å². The number of hydrogen-bond donors (Lipinski definition) is 2. The molecular formula is C24H16N2O3. The van der Waals surface area contributed by atoms with E-state index in [4.69, 9.17) is 9.84 Å². The normalized spacial score (nSPS) is 11.0. The van der Waals surface area contributed by atoms with Crippen LogP contribution >= 0.6 is 0 Å². The number of imidazole rings is 1. The predicted molar refractivity (Wildman–Crippen MR) is 113 cm³/mol. The molecule has 0 aliphatic carbocycles. The Balaban J connectivity index is 1.40. The number of benzene rings is 4.